The van der Waals surface area contributed by atoms with Crippen LogP contribution in [0.1, 0.15) is 17.5 Å². The molecule has 0 spiro atoms. The van der Waals surface area contributed by atoms with Gasteiger partial charge in [-0.2, -0.15) is 0 Å². The third-order valence-corrected chi connectivity index (χ3v) is 3.32. The molecule has 2 aromatic heterocycles. The lowest BCUT2D eigenvalue weighted by molar-refractivity contribution is -0.385. The Hall–Kier alpha value is -2.09. The van der Waals surface area contributed by atoms with Crippen molar-refractivity contribution >= 4 is 33.3 Å². The van der Waals surface area contributed by atoms with E-state index in [1.807, 2.05) is 0 Å². The maximum Gasteiger partial charge on any atom is 0.310 e. The number of fused-ring (bicyclic) bond motifs is 1. The molecule has 0 unspecified atom stereocenters. The number of thiazole rings is 1. The number of esters is 1. The minimum Gasteiger partial charge on any atom is -0.466 e. The van der Waals surface area contributed by atoms with Gasteiger partial charge in [0.1, 0.15) is 16.5 Å². The van der Waals surface area contributed by atoms with Gasteiger partial charge in [0.25, 0.3) is 5.69 Å². The number of carbonyl (C=O) groups excluding carboxylic acids is 1. The van der Waals surface area contributed by atoms with Crippen LogP contribution >= 0.6 is 11.3 Å². The molecule has 2 rings (SSSR count). The van der Waals surface area contributed by atoms with Gasteiger partial charge in [-0.3, -0.25) is 14.9 Å². The fourth-order valence-electron chi connectivity index (χ4n) is 1.71. The van der Waals surface area contributed by atoms with Gasteiger partial charge < -0.3 is 4.74 Å². The van der Waals surface area contributed by atoms with Gasteiger partial charge in [-0.05, 0) is 13.8 Å². The smallest absolute Gasteiger partial charge is 0.310 e. The Morgan fingerprint density at radius 1 is 1.58 bits per heavy atom. The summed E-state index contributed by atoms with van der Waals surface area (Å²) in [4.78, 5) is 30.8. The van der Waals surface area contributed by atoms with Crippen molar-refractivity contribution in [2.45, 2.75) is 20.3 Å². The van der Waals surface area contributed by atoms with Gasteiger partial charge in [-0.15, -0.1) is 0 Å². The van der Waals surface area contributed by atoms with Crippen LogP contribution in [0, 0.1) is 17.0 Å². The Morgan fingerprint density at radius 3 is 2.95 bits per heavy atom. The predicted octanol–water partition coefficient (Wildman–Crippen LogP) is 2.01. The molecule has 0 aliphatic carbocycles. The average molecular weight is 281 g/mol. The Balaban J connectivity index is 2.55. The molecule has 0 N–H and O–H groups in total. The number of carbonyl (C=O) groups is 1. The van der Waals surface area contributed by atoms with E-state index in [1.165, 1.54) is 11.3 Å². The van der Waals surface area contributed by atoms with Crippen LogP contribution in [-0.2, 0) is 16.0 Å². The molecule has 0 saturated heterocycles. The minimum absolute atomic E-state index is 0.174. The first kappa shape index (κ1) is 13.3. The highest BCUT2D eigenvalue weighted by atomic mass is 32.1. The van der Waals surface area contributed by atoms with E-state index in [1.54, 1.807) is 13.8 Å². The molecule has 7 nitrogen and oxygen atoms in total. The number of aryl methyl sites for hydroxylation is 1. The molecule has 0 bridgehead atoms. The van der Waals surface area contributed by atoms with Gasteiger partial charge in [0, 0.05) is 0 Å². The van der Waals surface area contributed by atoms with E-state index in [0.717, 1.165) is 11.2 Å². The minimum atomic E-state index is -0.560. The van der Waals surface area contributed by atoms with Crippen LogP contribution in [0.2, 0.25) is 0 Å². The van der Waals surface area contributed by atoms with Crippen molar-refractivity contribution < 1.29 is 14.5 Å². The molecular formula is C11H11N3O4S. The van der Waals surface area contributed by atoms with Gasteiger partial charge >= 0.3 is 5.97 Å². The Morgan fingerprint density at radius 2 is 2.32 bits per heavy atom. The van der Waals surface area contributed by atoms with Crippen LogP contribution in [0.15, 0.2) is 6.20 Å². The summed E-state index contributed by atoms with van der Waals surface area (Å²) < 4.78 is 4.83. The molecule has 0 aliphatic heterocycles. The average Bonchev–Trinajstić information content (AvgIpc) is 2.70. The lowest BCUT2D eigenvalue weighted by atomic mass is 10.1. The molecule has 0 aromatic carbocycles. The third-order valence-electron chi connectivity index (χ3n) is 2.44. The summed E-state index contributed by atoms with van der Waals surface area (Å²) in [7, 11) is 0. The van der Waals surface area contributed by atoms with Crippen molar-refractivity contribution in [3.05, 3.63) is 26.9 Å². The number of nitrogens with zero attached hydrogens (tertiary/aromatic N) is 3. The zero-order chi connectivity index (χ0) is 14.0. The molecule has 0 atom stereocenters. The summed E-state index contributed by atoms with van der Waals surface area (Å²) >= 11 is 1.33. The number of aromatic nitrogens is 2. The van der Waals surface area contributed by atoms with E-state index >= 15 is 0 Å². The number of nitro groups is 1. The zero-order valence-electron chi connectivity index (χ0n) is 10.4. The molecule has 100 valence electrons. The van der Waals surface area contributed by atoms with Gasteiger partial charge in [0.05, 0.1) is 28.5 Å². The molecule has 2 aromatic rings. The Bertz CT molecular complexity index is 653. The van der Waals surface area contributed by atoms with E-state index < -0.39 is 10.9 Å². The maximum atomic E-state index is 11.5. The first-order valence-electron chi connectivity index (χ1n) is 5.58. The van der Waals surface area contributed by atoms with E-state index in [9.17, 15) is 14.9 Å². The fourth-order valence-corrected chi connectivity index (χ4v) is 2.50. The number of hydrogen-bond acceptors (Lipinski definition) is 7. The van der Waals surface area contributed by atoms with Crippen LogP contribution in [-0.4, -0.2) is 27.5 Å². The van der Waals surface area contributed by atoms with Crippen molar-refractivity contribution in [3.63, 3.8) is 0 Å². The summed E-state index contributed by atoms with van der Waals surface area (Å²) in [5, 5.41) is 11.7. The molecule has 0 aliphatic rings. The molecule has 19 heavy (non-hydrogen) atoms. The molecule has 2 heterocycles. The van der Waals surface area contributed by atoms with Crippen molar-refractivity contribution in [1.29, 1.82) is 0 Å². The molecule has 0 saturated carbocycles. The summed E-state index contributed by atoms with van der Waals surface area (Å²) in [6, 6.07) is 0. The summed E-state index contributed by atoms with van der Waals surface area (Å²) in [6.45, 7) is 3.70. The standard InChI is InChI=1S/C11H11N3O4S/c1-3-18-9(15)4-7-8(14(16)17)5-12-11-10(7)13-6(2)19-11/h5H,3-4H2,1-2H3. The lowest BCUT2D eigenvalue weighted by Gasteiger charge is -2.03. The van der Waals surface area contributed by atoms with Gasteiger partial charge in [0.2, 0.25) is 0 Å². The monoisotopic (exact) mass is 281 g/mol. The van der Waals surface area contributed by atoms with Gasteiger partial charge in [-0.25, -0.2) is 9.97 Å². The first-order chi connectivity index (χ1) is 9.02. The quantitative estimate of drug-likeness (QED) is 0.483. The van der Waals surface area contributed by atoms with Crippen molar-refractivity contribution in [2.75, 3.05) is 6.61 Å². The molecule has 0 amide bonds. The topological polar surface area (TPSA) is 95.2 Å². The molecule has 0 fully saturated rings. The highest BCUT2D eigenvalue weighted by molar-refractivity contribution is 7.18. The van der Waals surface area contributed by atoms with Crippen LogP contribution in [0.25, 0.3) is 10.3 Å². The van der Waals surface area contributed by atoms with Crippen LogP contribution in [0.4, 0.5) is 5.69 Å². The summed E-state index contributed by atoms with van der Waals surface area (Å²) in [6.07, 6.45) is 0.987. The van der Waals surface area contributed by atoms with E-state index in [2.05, 4.69) is 9.97 Å². The van der Waals surface area contributed by atoms with E-state index in [4.69, 9.17) is 4.74 Å². The SMILES string of the molecule is CCOC(=O)Cc1c([N+](=O)[O-])cnc2sc(C)nc12. The highest BCUT2D eigenvalue weighted by Gasteiger charge is 2.23. The number of rotatable bonds is 4. The van der Waals surface area contributed by atoms with Crippen LogP contribution in [0.5, 0.6) is 0 Å². The Labute approximate surface area is 112 Å². The van der Waals surface area contributed by atoms with Crippen molar-refractivity contribution in [2.24, 2.45) is 0 Å². The van der Waals surface area contributed by atoms with Crippen LogP contribution in [0.3, 0.4) is 0 Å². The number of hydrogen-bond donors (Lipinski definition) is 0. The maximum absolute atomic E-state index is 11.5. The van der Waals surface area contributed by atoms with Gasteiger partial charge in [-0.1, -0.05) is 11.3 Å². The predicted molar refractivity (Wildman–Crippen MR) is 69.1 cm³/mol. The largest absolute Gasteiger partial charge is 0.466 e. The van der Waals surface area contributed by atoms with E-state index in [0.29, 0.717) is 10.3 Å². The second-order valence-electron chi connectivity index (χ2n) is 3.75. The normalized spacial score (nSPS) is 10.6. The molecule has 8 heteroatoms. The fraction of sp³-hybridized carbons (Fsp3) is 0.364. The second kappa shape index (κ2) is 5.27. The van der Waals surface area contributed by atoms with Gasteiger partial charge in [0.15, 0.2) is 0 Å². The Kier molecular flexibility index (Phi) is 3.70. The van der Waals surface area contributed by atoms with E-state index in [-0.39, 0.29) is 24.3 Å². The summed E-state index contributed by atoms with van der Waals surface area (Å²) in [5.41, 5.74) is 0.466. The number of ether oxygens (including phenoxy) is 1. The molecular weight excluding hydrogens is 270 g/mol. The van der Waals surface area contributed by atoms with Crippen LogP contribution < -0.4 is 0 Å². The van der Waals surface area contributed by atoms with Crippen molar-refractivity contribution in [1.82, 2.24) is 9.97 Å². The summed E-state index contributed by atoms with van der Waals surface area (Å²) in [5.74, 6) is -0.510. The highest BCUT2D eigenvalue weighted by Crippen LogP contribution is 2.29. The number of pyridine rings is 1. The van der Waals surface area contributed by atoms with Crippen molar-refractivity contribution in [3.8, 4) is 0 Å². The lowest BCUT2D eigenvalue weighted by Crippen LogP contribution is -2.10. The second-order valence-corrected chi connectivity index (χ2v) is 4.93. The first-order valence-corrected chi connectivity index (χ1v) is 6.39. The zero-order valence-corrected chi connectivity index (χ0v) is 11.2. The third kappa shape index (κ3) is 2.68. The molecule has 0 radical (unpaired) electrons.